The van der Waals surface area contributed by atoms with Gasteiger partial charge in [0.15, 0.2) is 0 Å². The summed E-state index contributed by atoms with van der Waals surface area (Å²) in [7, 11) is -3.89. The minimum atomic E-state index is -3.89. The summed E-state index contributed by atoms with van der Waals surface area (Å²) in [6, 6.07) is 23.6. The zero-order chi connectivity index (χ0) is 26.7. The van der Waals surface area contributed by atoms with Crippen molar-refractivity contribution >= 4 is 21.6 Å². The van der Waals surface area contributed by atoms with Crippen LogP contribution in [0.2, 0.25) is 0 Å². The molecule has 1 saturated carbocycles. The lowest BCUT2D eigenvalue weighted by Gasteiger charge is -2.23. The number of hydrogen-bond acceptors (Lipinski definition) is 4. The first kappa shape index (κ1) is 25.8. The number of carbonyl (C=O) groups is 1. The van der Waals surface area contributed by atoms with E-state index in [0.29, 0.717) is 11.3 Å². The fourth-order valence-electron chi connectivity index (χ4n) is 4.59. The van der Waals surface area contributed by atoms with Crippen LogP contribution in [0.15, 0.2) is 102 Å². The summed E-state index contributed by atoms with van der Waals surface area (Å²) in [4.78, 5) is 16.9. The third-order valence-corrected chi connectivity index (χ3v) is 8.54. The van der Waals surface area contributed by atoms with Gasteiger partial charge in [0.2, 0.25) is 15.9 Å². The monoisotopic (exact) mass is 529 g/mol. The molecular weight excluding hydrogens is 501 g/mol. The summed E-state index contributed by atoms with van der Waals surface area (Å²) in [6.45, 7) is 2.21. The van der Waals surface area contributed by atoms with Gasteiger partial charge in [-0.2, -0.15) is 4.31 Å². The number of nitrogens with one attached hydrogen (secondary N) is 1. The lowest BCUT2D eigenvalue weighted by atomic mass is 10.1. The summed E-state index contributed by atoms with van der Waals surface area (Å²) in [5.41, 5.74) is 4.20. The van der Waals surface area contributed by atoms with Crippen LogP contribution < -0.4 is 5.32 Å². The molecule has 38 heavy (non-hydrogen) atoms. The van der Waals surface area contributed by atoms with Gasteiger partial charge in [0.1, 0.15) is 5.82 Å². The Kier molecular flexibility index (Phi) is 7.35. The molecule has 0 saturated heterocycles. The summed E-state index contributed by atoms with van der Waals surface area (Å²) in [6.07, 6.45) is 4.22. The molecule has 0 bridgehead atoms. The van der Waals surface area contributed by atoms with Crippen LogP contribution in [0.3, 0.4) is 0 Å². The van der Waals surface area contributed by atoms with Crippen LogP contribution in [0, 0.1) is 18.7 Å². The largest absolute Gasteiger partial charge is 0.326 e. The number of halogens is 1. The minimum Gasteiger partial charge on any atom is -0.326 e. The van der Waals surface area contributed by atoms with E-state index in [-0.39, 0.29) is 41.5 Å². The van der Waals surface area contributed by atoms with Crippen molar-refractivity contribution in [2.75, 3.05) is 5.32 Å². The lowest BCUT2D eigenvalue weighted by Crippen LogP contribution is -2.30. The van der Waals surface area contributed by atoms with Crippen molar-refractivity contribution in [3.63, 3.8) is 0 Å². The molecule has 0 spiro atoms. The molecule has 6 nitrogen and oxygen atoms in total. The number of hydrogen-bond donors (Lipinski definition) is 1. The minimum absolute atomic E-state index is 0.0835. The van der Waals surface area contributed by atoms with E-state index in [1.807, 2.05) is 43.3 Å². The molecule has 2 atom stereocenters. The Morgan fingerprint density at radius 3 is 2.32 bits per heavy atom. The van der Waals surface area contributed by atoms with Gasteiger partial charge in [-0.05, 0) is 84.5 Å². The Hall–Kier alpha value is -3.88. The van der Waals surface area contributed by atoms with Crippen LogP contribution in [0.5, 0.6) is 0 Å². The molecule has 1 fully saturated rings. The number of aromatic nitrogens is 1. The molecule has 194 valence electrons. The second-order valence-electron chi connectivity index (χ2n) is 9.63. The number of amides is 1. The number of benzene rings is 3. The molecule has 4 aromatic rings. The SMILES string of the molecule is Cc1cccc(CN(Cc2ccc(F)cc2)S(=O)(=O)c2ccc(NC(=O)C3CC3c3ccncc3)cc2)c1. The quantitative estimate of drug-likeness (QED) is 0.303. The van der Waals surface area contributed by atoms with Gasteiger partial charge in [-0.25, -0.2) is 12.8 Å². The highest BCUT2D eigenvalue weighted by molar-refractivity contribution is 7.89. The van der Waals surface area contributed by atoms with Crippen molar-refractivity contribution in [2.24, 2.45) is 5.92 Å². The van der Waals surface area contributed by atoms with Gasteiger partial charge in [-0.3, -0.25) is 9.78 Å². The average molecular weight is 530 g/mol. The van der Waals surface area contributed by atoms with Crippen molar-refractivity contribution < 1.29 is 17.6 Å². The molecule has 0 radical (unpaired) electrons. The summed E-state index contributed by atoms with van der Waals surface area (Å²) in [5.74, 6) is -0.391. The molecule has 1 amide bonds. The summed E-state index contributed by atoms with van der Waals surface area (Å²) < 4.78 is 42.2. The smallest absolute Gasteiger partial charge is 0.243 e. The second-order valence-corrected chi connectivity index (χ2v) is 11.6. The Bertz CT molecular complexity index is 1530. The number of pyridine rings is 1. The summed E-state index contributed by atoms with van der Waals surface area (Å²) in [5, 5.41) is 2.90. The first-order chi connectivity index (χ1) is 18.3. The number of aryl methyl sites for hydroxylation is 1. The Balaban J connectivity index is 1.32. The number of nitrogens with zero attached hydrogens (tertiary/aromatic N) is 2. The van der Waals surface area contributed by atoms with E-state index in [9.17, 15) is 17.6 Å². The number of anilines is 1. The first-order valence-corrected chi connectivity index (χ1v) is 13.8. The maximum absolute atomic E-state index is 13.7. The van der Waals surface area contributed by atoms with Gasteiger partial charge in [-0.15, -0.1) is 0 Å². The zero-order valence-electron chi connectivity index (χ0n) is 20.9. The molecular formula is C30H28FN3O3S. The third kappa shape index (κ3) is 5.98. The second kappa shape index (κ2) is 10.8. The zero-order valence-corrected chi connectivity index (χ0v) is 21.7. The maximum atomic E-state index is 13.7. The van der Waals surface area contributed by atoms with Crippen LogP contribution in [-0.4, -0.2) is 23.6 Å². The molecule has 1 aromatic heterocycles. The predicted octanol–water partition coefficient (Wildman–Crippen LogP) is 5.66. The van der Waals surface area contributed by atoms with Crippen molar-refractivity contribution in [1.29, 1.82) is 0 Å². The molecule has 1 aliphatic carbocycles. The van der Waals surface area contributed by atoms with Gasteiger partial charge in [0.05, 0.1) is 4.90 Å². The van der Waals surface area contributed by atoms with E-state index in [0.717, 1.165) is 23.1 Å². The average Bonchev–Trinajstić information content (AvgIpc) is 3.72. The Labute approximate surface area is 222 Å². The van der Waals surface area contributed by atoms with Crippen molar-refractivity contribution in [1.82, 2.24) is 9.29 Å². The Morgan fingerprint density at radius 1 is 0.947 bits per heavy atom. The van der Waals surface area contributed by atoms with Crippen LogP contribution in [0.25, 0.3) is 0 Å². The van der Waals surface area contributed by atoms with E-state index >= 15 is 0 Å². The molecule has 0 aliphatic heterocycles. The number of sulfonamides is 1. The Morgan fingerprint density at radius 2 is 1.63 bits per heavy atom. The van der Waals surface area contributed by atoms with Gasteiger partial charge < -0.3 is 5.32 Å². The van der Waals surface area contributed by atoms with Gasteiger partial charge >= 0.3 is 0 Å². The van der Waals surface area contributed by atoms with E-state index in [1.54, 1.807) is 36.7 Å². The van der Waals surface area contributed by atoms with E-state index in [1.165, 1.54) is 28.6 Å². The maximum Gasteiger partial charge on any atom is 0.243 e. The van der Waals surface area contributed by atoms with Crippen LogP contribution >= 0.6 is 0 Å². The highest BCUT2D eigenvalue weighted by Crippen LogP contribution is 2.47. The molecule has 8 heteroatoms. The van der Waals surface area contributed by atoms with Crippen molar-refractivity contribution in [3.05, 3.63) is 125 Å². The normalized spacial score (nSPS) is 16.8. The third-order valence-electron chi connectivity index (χ3n) is 6.73. The fourth-order valence-corrected chi connectivity index (χ4v) is 6.01. The van der Waals surface area contributed by atoms with Crippen molar-refractivity contribution in [2.45, 2.75) is 37.2 Å². The van der Waals surface area contributed by atoms with Crippen molar-refractivity contribution in [3.8, 4) is 0 Å². The van der Waals surface area contributed by atoms with E-state index < -0.39 is 10.0 Å². The predicted molar refractivity (Wildman–Crippen MR) is 144 cm³/mol. The lowest BCUT2D eigenvalue weighted by molar-refractivity contribution is -0.117. The summed E-state index contributed by atoms with van der Waals surface area (Å²) >= 11 is 0. The molecule has 1 N–H and O–H groups in total. The molecule has 1 heterocycles. The fraction of sp³-hybridized carbons (Fsp3) is 0.200. The van der Waals surface area contributed by atoms with Crippen LogP contribution in [0.1, 0.15) is 34.6 Å². The van der Waals surface area contributed by atoms with Crippen LogP contribution in [0.4, 0.5) is 10.1 Å². The molecule has 2 unspecified atom stereocenters. The van der Waals surface area contributed by atoms with Gasteiger partial charge in [-0.1, -0.05) is 42.0 Å². The number of rotatable bonds is 9. The highest BCUT2D eigenvalue weighted by atomic mass is 32.2. The number of carbonyl (C=O) groups excluding carboxylic acids is 1. The first-order valence-electron chi connectivity index (χ1n) is 12.4. The van der Waals surface area contributed by atoms with E-state index in [4.69, 9.17) is 0 Å². The van der Waals surface area contributed by atoms with Gasteiger partial charge in [0, 0.05) is 37.1 Å². The molecule has 3 aromatic carbocycles. The van der Waals surface area contributed by atoms with E-state index in [2.05, 4.69) is 10.3 Å². The molecule has 5 rings (SSSR count). The highest BCUT2D eigenvalue weighted by Gasteiger charge is 2.43. The van der Waals surface area contributed by atoms with Gasteiger partial charge in [0.25, 0.3) is 0 Å². The topological polar surface area (TPSA) is 79.4 Å². The molecule has 1 aliphatic rings. The standard InChI is InChI=1S/C30H28FN3O3S/c1-21-3-2-4-23(17-21)20-34(19-22-5-7-25(31)8-6-22)38(36,37)27-11-9-26(10-12-27)33-30(35)29-18-28(29)24-13-15-32-16-14-24/h2-17,28-29H,18-20H2,1H3,(H,33,35). The van der Waals surface area contributed by atoms with Crippen LogP contribution in [-0.2, 0) is 27.9 Å².